The highest BCUT2D eigenvalue weighted by Crippen LogP contribution is 2.68. The maximum absolute atomic E-state index is 13.6. The number of hydrogen-bond acceptors (Lipinski definition) is 4. The third-order valence-electron chi connectivity index (χ3n) is 4.93. The molecule has 6 nitrogen and oxygen atoms in total. The number of halogens is 24. The van der Waals surface area contributed by atoms with E-state index in [1.54, 1.807) is 0 Å². The summed E-state index contributed by atoms with van der Waals surface area (Å²) < 4.78 is 377. The predicted molar refractivity (Wildman–Crippen MR) is 82.5 cm³/mol. The summed E-state index contributed by atoms with van der Waals surface area (Å²) in [5.41, 5.74) is 0. The minimum Gasteiger partial charge on any atom is -0.281 e. The van der Waals surface area contributed by atoms with E-state index in [2.05, 4.69) is 0 Å². The minimum atomic E-state index is -9.85. The summed E-state index contributed by atoms with van der Waals surface area (Å²) >= 11 is 0. The smallest absolute Gasteiger partial charge is 0.281 e. The Kier molecular flexibility index (Phi) is 9.41. The van der Waals surface area contributed by atoms with Crippen LogP contribution in [-0.4, -0.2) is 95.7 Å². The Labute approximate surface area is 222 Å². The van der Waals surface area contributed by atoms with Gasteiger partial charge >= 0.3 is 90.0 Å². The molecular weight excluding hydrogens is 760 g/mol. The molecule has 266 valence electrons. The zero-order chi connectivity index (χ0) is 37.0. The molecular formula is C12H2F24O6S2. The predicted octanol–water partition coefficient (Wildman–Crippen LogP) is 6.30. The van der Waals surface area contributed by atoms with Crippen LogP contribution < -0.4 is 0 Å². The summed E-state index contributed by atoms with van der Waals surface area (Å²) in [5.74, 6) is -95.1. The van der Waals surface area contributed by atoms with Crippen molar-refractivity contribution in [2.75, 3.05) is 0 Å². The second-order valence-electron chi connectivity index (χ2n) is 7.73. The fourth-order valence-corrected chi connectivity index (χ4v) is 3.17. The molecule has 0 atom stereocenters. The molecule has 0 aromatic rings. The molecule has 0 spiro atoms. The molecule has 0 heterocycles. The van der Waals surface area contributed by atoms with Gasteiger partial charge in [-0.25, -0.2) is 0 Å². The summed E-state index contributed by atoms with van der Waals surface area (Å²) in [6.45, 7) is 0. The summed E-state index contributed by atoms with van der Waals surface area (Å²) in [4.78, 5) is 0. The molecule has 0 aliphatic heterocycles. The molecule has 0 saturated carbocycles. The van der Waals surface area contributed by atoms with Crippen LogP contribution in [0.25, 0.3) is 0 Å². The molecule has 0 amide bonds. The number of rotatable bonds is 13. The van der Waals surface area contributed by atoms with Crippen LogP contribution in [0.5, 0.6) is 0 Å². The lowest BCUT2D eigenvalue weighted by Crippen LogP contribution is -2.78. The van der Waals surface area contributed by atoms with E-state index in [9.17, 15) is 122 Å². The fourth-order valence-electron chi connectivity index (χ4n) is 2.27. The highest BCUT2D eigenvalue weighted by Gasteiger charge is 3.00. The van der Waals surface area contributed by atoms with Crippen LogP contribution in [0.3, 0.4) is 0 Å². The van der Waals surface area contributed by atoms with E-state index < -0.39 is 90.0 Å². The summed E-state index contributed by atoms with van der Waals surface area (Å²) in [6.07, 6.45) is 0. The molecule has 0 saturated heterocycles. The molecule has 0 radical (unpaired) electrons. The Morgan fingerprint density at radius 2 is 0.341 bits per heavy atom. The van der Waals surface area contributed by atoms with Crippen molar-refractivity contribution in [3.8, 4) is 0 Å². The van der Waals surface area contributed by atoms with Gasteiger partial charge in [0.25, 0.3) is 0 Å². The second kappa shape index (κ2) is 9.82. The first-order valence-electron chi connectivity index (χ1n) is 8.73. The van der Waals surface area contributed by atoms with E-state index in [-0.39, 0.29) is 0 Å². The van der Waals surface area contributed by atoms with Crippen molar-refractivity contribution in [2.24, 2.45) is 0 Å². The van der Waals surface area contributed by atoms with Gasteiger partial charge in [-0.15, -0.1) is 0 Å². The first kappa shape index (κ1) is 42.1. The van der Waals surface area contributed by atoms with Gasteiger partial charge < -0.3 is 0 Å². The van der Waals surface area contributed by atoms with Crippen LogP contribution in [0.15, 0.2) is 0 Å². The van der Waals surface area contributed by atoms with Gasteiger partial charge in [-0.1, -0.05) is 0 Å². The zero-order valence-corrected chi connectivity index (χ0v) is 20.0. The third-order valence-corrected chi connectivity index (χ3v) is 6.74. The van der Waals surface area contributed by atoms with Crippen molar-refractivity contribution in [1.29, 1.82) is 0 Å². The average Bonchev–Trinajstić information content (AvgIpc) is 2.75. The fraction of sp³-hybridized carbons (Fsp3) is 1.00. The van der Waals surface area contributed by atoms with Crippen molar-refractivity contribution in [3.63, 3.8) is 0 Å². The van der Waals surface area contributed by atoms with Crippen LogP contribution in [0.2, 0.25) is 0 Å². The van der Waals surface area contributed by atoms with Crippen molar-refractivity contribution in [2.45, 2.75) is 69.7 Å². The van der Waals surface area contributed by atoms with Crippen molar-refractivity contribution in [3.05, 3.63) is 0 Å². The van der Waals surface area contributed by atoms with E-state index in [0.717, 1.165) is 0 Å². The van der Waals surface area contributed by atoms with E-state index in [1.807, 2.05) is 0 Å². The van der Waals surface area contributed by atoms with Gasteiger partial charge in [0, 0.05) is 0 Å². The zero-order valence-electron chi connectivity index (χ0n) is 18.4. The average molecular weight is 762 g/mol. The first-order valence-corrected chi connectivity index (χ1v) is 11.6. The molecule has 0 aliphatic rings. The van der Waals surface area contributed by atoms with Gasteiger partial charge in [0.2, 0.25) is 0 Å². The molecule has 0 aliphatic carbocycles. The van der Waals surface area contributed by atoms with Gasteiger partial charge in [-0.2, -0.15) is 122 Å². The minimum absolute atomic E-state index is 7.73. The highest BCUT2D eigenvalue weighted by molar-refractivity contribution is 7.87. The van der Waals surface area contributed by atoms with Crippen LogP contribution in [0.1, 0.15) is 0 Å². The molecule has 2 N–H and O–H groups in total. The van der Waals surface area contributed by atoms with Crippen molar-refractivity contribution in [1.82, 2.24) is 0 Å². The second-order valence-corrected chi connectivity index (χ2v) is 10.7. The topological polar surface area (TPSA) is 109 Å². The largest absolute Gasteiger partial charge is 0.438 e. The molecule has 0 bridgehead atoms. The van der Waals surface area contributed by atoms with Crippen molar-refractivity contribution < 1.29 is 131 Å². The van der Waals surface area contributed by atoms with Crippen LogP contribution in [0, 0.1) is 0 Å². The van der Waals surface area contributed by atoms with E-state index in [4.69, 9.17) is 9.11 Å². The Morgan fingerprint density at radius 3 is 0.432 bits per heavy atom. The molecule has 0 fully saturated rings. The van der Waals surface area contributed by atoms with Gasteiger partial charge in [-0.3, -0.25) is 9.11 Å². The summed E-state index contributed by atoms with van der Waals surface area (Å²) in [7, 11) is -16.6. The van der Waals surface area contributed by atoms with Gasteiger partial charge in [0.15, 0.2) is 0 Å². The maximum Gasteiger partial charge on any atom is 0.438 e. The highest BCUT2D eigenvalue weighted by atomic mass is 32.2. The standard InChI is InChI=1S/C12H2F24O6S2/c13-1(14,3(17,18)5(21,22)7(25,26)9(29,30)11(33,34)43(37,38)39)2(15,16)4(19,20)6(23,24)8(27,28)10(31,32)12(35,36)44(40,41)42/h(H,37,38,39)(H,40,41,42). The molecule has 0 rings (SSSR count). The monoisotopic (exact) mass is 762 g/mol. The lowest BCUT2D eigenvalue weighted by Gasteiger charge is -2.45. The van der Waals surface area contributed by atoms with Gasteiger partial charge in [0.05, 0.1) is 0 Å². The van der Waals surface area contributed by atoms with E-state index >= 15 is 0 Å². The Balaban J connectivity index is 7.60. The Bertz CT molecular complexity index is 1230. The molecule has 32 heteroatoms. The van der Waals surface area contributed by atoms with E-state index in [1.165, 1.54) is 0 Å². The molecule has 0 unspecified atom stereocenters. The van der Waals surface area contributed by atoms with Crippen LogP contribution in [0.4, 0.5) is 105 Å². The van der Waals surface area contributed by atoms with Crippen molar-refractivity contribution >= 4 is 20.2 Å². The molecule has 44 heavy (non-hydrogen) atoms. The molecule has 0 aromatic carbocycles. The lowest BCUT2D eigenvalue weighted by molar-refractivity contribution is -0.475. The van der Waals surface area contributed by atoms with Crippen LogP contribution >= 0.6 is 0 Å². The Hall–Kier alpha value is -1.86. The third kappa shape index (κ3) is 4.64. The Morgan fingerprint density at radius 1 is 0.250 bits per heavy atom. The van der Waals surface area contributed by atoms with Gasteiger partial charge in [0.1, 0.15) is 0 Å². The summed E-state index contributed by atoms with van der Waals surface area (Å²) in [5, 5.41) is -16.5. The number of hydrogen-bond donors (Lipinski definition) is 2. The number of alkyl halides is 24. The summed E-state index contributed by atoms with van der Waals surface area (Å²) in [6, 6.07) is 0. The normalized spacial score (nSPS) is 17.2. The first-order chi connectivity index (χ1) is 18.2. The maximum atomic E-state index is 13.6. The van der Waals surface area contributed by atoms with Crippen LogP contribution in [-0.2, 0) is 20.2 Å². The van der Waals surface area contributed by atoms with Gasteiger partial charge in [-0.05, 0) is 0 Å². The SMILES string of the molecule is O=S(=O)(O)C(F)(F)C(F)(F)C(F)(F)C(F)(F)C(F)(F)C(F)(F)C(F)(F)C(F)(F)C(F)(F)C(F)(F)C(F)(F)C(F)(F)S(=O)(=O)O. The molecule has 0 aromatic heterocycles. The quantitative estimate of drug-likeness (QED) is 0.169. The van der Waals surface area contributed by atoms with E-state index in [0.29, 0.717) is 0 Å². The lowest BCUT2D eigenvalue weighted by atomic mass is 9.85.